The largest absolute Gasteiger partial charge is 0.493 e. The molecule has 0 aliphatic carbocycles. The number of benzene rings is 2. The third-order valence-electron chi connectivity index (χ3n) is 6.22. The first kappa shape index (κ1) is 26.4. The molecule has 0 N–H and O–H groups in total. The second kappa shape index (κ2) is 11.2. The summed E-state index contributed by atoms with van der Waals surface area (Å²) >= 11 is 1.30. The van der Waals surface area contributed by atoms with Gasteiger partial charge in [0.05, 0.1) is 42.2 Å². The van der Waals surface area contributed by atoms with E-state index in [9.17, 15) is 9.59 Å². The summed E-state index contributed by atoms with van der Waals surface area (Å²) in [5.41, 5.74) is 3.50. The summed E-state index contributed by atoms with van der Waals surface area (Å²) < 4.78 is 18.7. The molecule has 0 fully saturated rings. The SMILES string of the molecule is CCOC(=O)C1=C(C)N=c2s/c(=C\c3ccc(C(C)C)cc3)c(=O)n2[C@@H]1c1ccc(OC)c(OCC)c1. The summed E-state index contributed by atoms with van der Waals surface area (Å²) in [6.45, 7) is 10.4. The first-order chi connectivity index (χ1) is 17.8. The smallest absolute Gasteiger partial charge is 0.338 e. The van der Waals surface area contributed by atoms with Gasteiger partial charge >= 0.3 is 5.97 Å². The van der Waals surface area contributed by atoms with Crippen LogP contribution in [0.1, 0.15) is 63.3 Å². The Bertz CT molecular complexity index is 1510. The van der Waals surface area contributed by atoms with Crippen LogP contribution in [0.5, 0.6) is 11.5 Å². The lowest BCUT2D eigenvalue weighted by Crippen LogP contribution is -2.40. The first-order valence-corrected chi connectivity index (χ1v) is 13.2. The highest BCUT2D eigenvalue weighted by molar-refractivity contribution is 7.07. The van der Waals surface area contributed by atoms with Gasteiger partial charge in [-0.05, 0) is 61.6 Å². The molecule has 2 heterocycles. The number of carbonyl (C=O) groups is 1. The molecule has 8 heteroatoms. The zero-order chi connectivity index (χ0) is 26.7. The predicted octanol–water partition coefficient (Wildman–Crippen LogP) is 4.33. The van der Waals surface area contributed by atoms with E-state index in [1.807, 2.05) is 37.3 Å². The fourth-order valence-corrected chi connectivity index (χ4v) is 5.41. The van der Waals surface area contributed by atoms with E-state index in [0.717, 1.165) is 5.56 Å². The number of carbonyl (C=O) groups excluding carboxylic acids is 1. The number of thiazole rings is 1. The summed E-state index contributed by atoms with van der Waals surface area (Å²) in [7, 11) is 1.57. The summed E-state index contributed by atoms with van der Waals surface area (Å²) in [6, 6.07) is 12.9. The first-order valence-electron chi connectivity index (χ1n) is 12.4. The van der Waals surface area contributed by atoms with Crippen molar-refractivity contribution in [2.75, 3.05) is 20.3 Å². The molecule has 0 spiro atoms. The number of hydrogen-bond donors (Lipinski definition) is 0. The van der Waals surface area contributed by atoms with Crippen molar-refractivity contribution < 1.29 is 19.0 Å². The molecule has 1 atom stereocenters. The number of rotatable bonds is 8. The Morgan fingerprint density at radius 1 is 1.11 bits per heavy atom. The fraction of sp³-hybridized carbons (Fsp3) is 0.345. The molecule has 194 valence electrons. The molecule has 0 saturated carbocycles. The summed E-state index contributed by atoms with van der Waals surface area (Å²) in [5, 5.41) is 0. The van der Waals surface area contributed by atoms with Gasteiger partial charge in [0, 0.05) is 0 Å². The Labute approximate surface area is 220 Å². The monoisotopic (exact) mass is 520 g/mol. The van der Waals surface area contributed by atoms with E-state index < -0.39 is 12.0 Å². The highest BCUT2D eigenvalue weighted by Gasteiger charge is 2.34. The van der Waals surface area contributed by atoms with Crippen molar-refractivity contribution in [2.45, 2.75) is 46.6 Å². The van der Waals surface area contributed by atoms with E-state index in [-0.39, 0.29) is 12.2 Å². The molecule has 4 rings (SSSR count). The number of aromatic nitrogens is 1. The molecule has 0 bridgehead atoms. The number of hydrogen-bond acceptors (Lipinski definition) is 7. The molecule has 7 nitrogen and oxygen atoms in total. The number of esters is 1. The Morgan fingerprint density at radius 3 is 2.46 bits per heavy atom. The minimum absolute atomic E-state index is 0.214. The van der Waals surface area contributed by atoms with Crippen LogP contribution in [-0.4, -0.2) is 30.9 Å². The normalized spacial score (nSPS) is 15.4. The second-order valence-electron chi connectivity index (χ2n) is 8.97. The van der Waals surface area contributed by atoms with Crippen LogP contribution in [0, 0.1) is 0 Å². The predicted molar refractivity (Wildman–Crippen MR) is 145 cm³/mol. The van der Waals surface area contributed by atoms with Crippen molar-refractivity contribution in [3.63, 3.8) is 0 Å². The van der Waals surface area contributed by atoms with E-state index >= 15 is 0 Å². The van der Waals surface area contributed by atoms with Crippen LogP contribution in [-0.2, 0) is 9.53 Å². The zero-order valence-corrected chi connectivity index (χ0v) is 22.8. The van der Waals surface area contributed by atoms with Crippen LogP contribution in [0.15, 0.2) is 63.5 Å². The van der Waals surface area contributed by atoms with Crippen LogP contribution < -0.4 is 24.4 Å². The summed E-state index contributed by atoms with van der Waals surface area (Å²) in [6.07, 6.45) is 1.87. The maximum Gasteiger partial charge on any atom is 0.338 e. The van der Waals surface area contributed by atoms with E-state index in [1.54, 1.807) is 31.6 Å². The van der Waals surface area contributed by atoms with E-state index in [1.165, 1.54) is 16.9 Å². The van der Waals surface area contributed by atoms with Crippen molar-refractivity contribution >= 4 is 23.4 Å². The lowest BCUT2D eigenvalue weighted by Gasteiger charge is -2.25. The lowest BCUT2D eigenvalue weighted by molar-refractivity contribution is -0.139. The van der Waals surface area contributed by atoms with Crippen molar-refractivity contribution in [1.82, 2.24) is 4.57 Å². The summed E-state index contributed by atoms with van der Waals surface area (Å²) in [4.78, 5) is 32.1. The van der Waals surface area contributed by atoms with Crippen LogP contribution >= 0.6 is 11.3 Å². The Balaban J connectivity index is 1.92. The van der Waals surface area contributed by atoms with E-state index in [2.05, 4.69) is 31.0 Å². The van der Waals surface area contributed by atoms with Crippen molar-refractivity contribution in [1.29, 1.82) is 0 Å². The average molecular weight is 521 g/mol. The molecule has 1 aliphatic heterocycles. The van der Waals surface area contributed by atoms with Gasteiger partial charge in [0.2, 0.25) is 0 Å². The van der Waals surface area contributed by atoms with Crippen LogP contribution in [0.3, 0.4) is 0 Å². The van der Waals surface area contributed by atoms with Crippen molar-refractivity contribution in [2.24, 2.45) is 4.99 Å². The number of methoxy groups -OCH3 is 1. The summed E-state index contributed by atoms with van der Waals surface area (Å²) in [5.74, 6) is 1.03. The molecule has 0 amide bonds. The molecule has 3 aromatic rings. The maximum absolute atomic E-state index is 13.8. The third-order valence-corrected chi connectivity index (χ3v) is 7.20. The second-order valence-corrected chi connectivity index (χ2v) is 9.98. The minimum Gasteiger partial charge on any atom is -0.493 e. The molecular weight excluding hydrogens is 488 g/mol. The molecule has 0 saturated heterocycles. The van der Waals surface area contributed by atoms with Gasteiger partial charge in [-0.1, -0.05) is 55.5 Å². The Hall–Kier alpha value is -3.65. The molecule has 1 aliphatic rings. The number of allylic oxidation sites excluding steroid dienone is 1. The van der Waals surface area contributed by atoms with E-state index in [0.29, 0.717) is 50.2 Å². The highest BCUT2D eigenvalue weighted by atomic mass is 32.1. The van der Waals surface area contributed by atoms with E-state index in [4.69, 9.17) is 14.2 Å². The quantitative estimate of drug-likeness (QED) is 0.413. The number of nitrogens with zero attached hydrogens (tertiary/aromatic N) is 2. The van der Waals surface area contributed by atoms with Crippen molar-refractivity contribution in [3.05, 3.63) is 90.1 Å². The van der Waals surface area contributed by atoms with Gasteiger partial charge in [0.25, 0.3) is 5.56 Å². The van der Waals surface area contributed by atoms with Gasteiger partial charge in [-0.3, -0.25) is 9.36 Å². The standard InChI is InChI=1S/C29H32N2O5S/c1-7-35-23-16-21(13-14-22(23)34-6)26-25(28(33)36-8-2)18(5)30-29-31(26)27(32)24(37-29)15-19-9-11-20(12-10-19)17(3)4/h9-17,26H,7-8H2,1-6H3/b24-15-/t26-/m1/s1. The van der Waals surface area contributed by atoms with Gasteiger partial charge in [-0.2, -0.15) is 0 Å². The minimum atomic E-state index is -0.717. The van der Waals surface area contributed by atoms with Gasteiger partial charge in [0.1, 0.15) is 0 Å². The van der Waals surface area contributed by atoms with Gasteiger partial charge in [-0.25, -0.2) is 9.79 Å². The van der Waals surface area contributed by atoms with Crippen LogP contribution in [0.4, 0.5) is 0 Å². The fourth-order valence-electron chi connectivity index (χ4n) is 4.37. The van der Waals surface area contributed by atoms with Gasteiger partial charge in [0.15, 0.2) is 16.3 Å². The average Bonchev–Trinajstić information content (AvgIpc) is 3.18. The maximum atomic E-state index is 13.8. The molecule has 1 aromatic heterocycles. The Morgan fingerprint density at radius 2 is 1.84 bits per heavy atom. The van der Waals surface area contributed by atoms with Crippen LogP contribution in [0.25, 0.3) is 6.08 Å². The molecular formula is C29H32N2O5S. The van der Waals surface area contributed by atoms with Crippen molar-refractivity contribution in [3.8, 4) is 11.5 Å². The molecule has 37 heavy (non-hydrogen) atoms. The Kier molecular flexibility index (Phi) is 7.97. The topological polar surface area (TPSA) is 79.1 Å². The number of fused-ring (bicyclic) bond motifs is 1. The van der Waals surface area contributed by atoms with Gasteiger partial charge < -0.3 is 14.2 Å². The number of ether oxygens (including phenoxy) is 3. The lowest BCUT2D eigenvalue weighted by atomic mass is 9.95. The third kappa shape index (κ3) is 5.25. The molecule has 0 radical (unpaired) electrons. The molecule has 2 aromatic carbocycles. The molecule has 0 unspecified atom stereocenters. The highest BCUT2D eigenvalue weighted by Crippen LogP contribution is 2.36. The zero-order valence-electron chi connectivity index (χ0n) is 22.0. The van der Waals surface area contributed by atoms with Crippen LogP contribution in [0.2, 0.25) is 0 Å². The van der Waals surface area contributed by atoms with Gasteiger partial charge in [-0.15, -0.1) is 0 Å².